The first kappa shape index (κ1) is 19.8. The van der Waals surface area contributed by atoms with Crippen molar-refractivity contribution in [3.63, 3.8) is 0 Å². The highest BCUT2D eigenvalue weighted by molar-refractivity contribution is 6.31. The van der Waals surface area contributed by atoms with Gasteiger partial charge >= 0.3 is 0 Å². The van der Waals surface area contributed by atoms with Gasteiger partial charge in [-0.25, -0.2) is 4.98 Å². The minimum absolute atomic E-state index is 0.0766. The number of hydrogen-bond acceptors (Lipinski definition) is 5. The molecule has 0 aliphatic heterocycles. The lowest BCUT2D eigenvalue weighted by atomic mass is 10.2. The molecule has 0 saturated heterocycles. The van der Waals surface area contributed by atoms with Crippen molar-refractivity contribution in [1.82, 2.24) is 19.7 Å². The van der Waals surface area contributed by atoms with Crippen molar-refractivity contribution >= 4 is 22.6 Å². The third-order valence-electron chi connectivity index (χ3n) is 4.93. The van der Waals surface area contributed by atoms with Gasteiger partial charge in [-0.2, -0.15) is 9.78 Å². The molecule has 5 rings (SSSR count). The van der Waals surface area contributed by atoms with E-state index in [9.17, 15) is 4.79 Å². The number of rotatable bonds is 5. The zero-order valence-electron chi connectivity index (χ0n) is 16.9. The van der Waals surface area contributed by atoms with E-state index in [1.807, 2.05) is 48.5 Å². The van der Waals surface area contributed by atoms with E-state index < -0.39 is 5.56 Å². The highest BCUT2D eigenvalue weighted by atomic mass is 35.5. The van der Waals surface area contributed by atoms with Gasteiger partial charge in [0.25, 0.3) is 5.56 Å². The number of halogens is 1. The number of imidazole rings is 1. The van der Waals surface area contributed by atoms with Crippen LogP contribution in [0.2, 0.25) is 5.02 Å². The summed E-state index contributed by atoms with van der Waals surface area (Å²) in [4.78, 5) is 20.6. The lowest BCUT2D eigenvalue weighted by Gasteiger charge is -2.13. The molecule has 0 aliphatic carbocycles. The summed E-state index contributed by atoms with van der Waals surface area (Å²) in [7, 11) is 1.54. The van der Waals surface area contributed by atoms with Crippen LogP contribution in [0.3, 0.4) is 0 Å². The molecule has 1 N–H and O–H groups in total. The topological polar surface area (TPSA) is 82.0 Å². The largest absolute Gasteiger partial charge is 0.493 e. The number of hydrogen-bond donors (Lipinski definition) is 1. The van der Waals surface area contributed by atoms with E-state index in [-0.39, 0.29) is 10.8 Å². The summed E-state index contributed by atoms with van der Waals surface area (Å²) in [5.41, 5.74) is 2.78. The van der Waals surface area contributed by atoms with Gasteiger partial charge in [-0.1, -0.05) is 41.9 Å². The maximum atomic E-state index is 12.7. The Morgan fingerprint density at radius 2 is 1.72 bits per heavy atom. The van der Waals surface area contributed by atoms with Crippen molar-refractivity contribution in [3.05, 3.63) is 94.4 Å². The molecular formula is C24H17ClN4O3. The molecule has 3 aromatic carbocycles. The first-order valence-electron chi connectivity index (χ1n) is 9.78. The van der Waals surface area contributed by atoms with Crippen LogP contribution in [0.15, 0.2) is 83.8 Å². The van der Waals surface area contributed by atoms with Crippen LogP contribution in [0.25, 0.3) is 28.1 Å². The predicted molar refractivity (Wildman–Crippen MR) is 123 cm³/mol. The highest BCUT2D eigenvalue weighted by Gasteiger charge is 2.16. The number of para-hydroxylation sites is 3. The number of aromatic amines is 1. The standard InChI is InChI=1S/C24H17ClN4O3/c1-31-20-13-15(23-27-17-9-5-6-10-18(17)28-23)11-12-19(20)32-21-14-26-29(24(30)22(21)25)16-7-3-2-4-8-16/h2-14H,1H3,(H,27,28). The lowest BCUT2D eigenvalue weighted by Crippen LogP contribution is -2.21. The highest BCUT2D eigenvalue weighted by Crippen LogP contribution is 2.36. The van der Waals surface area contributed by atoms with Crippen molar-refractivity contribution in [2.45, 2.75) is 0 Å². The SMILES string of the molecule is COc1cc(-c2nc3ccccc3[nH]2)ccc1Oc1cnn(-c2ccccc2)c(=O)c1Cl. The summed E-state index contributed by atoms with van der Waals surface area (Å²) < 4.78 is 12.6. The van der Waals surface area contributed by atoms with E-state index in [1.54, 1.807) is 24.3 Å². The van der Waals surface area contributed by atoms with Crippen LogP contribution in [0.5, 0.6) is 17.2 Å². The monoisotopic (exact) mass is 444 g/mol. The fraction of sp³-hybridized carbons (Fsp3) is 0.0417. The number of nitrogens with zero attached hydrogens (tertiary/aromatic N) is 3. The number of methoxy groups -OCH3 is 1. The number of H-pyrrole nitrogens is 1. The molecular weight excluding hydrogens is 428 g/mol. The molecule has 7 nitrogen and oxygen atoms in total. The van der Waals surface area contributed by atoms with Crippen molar-refractivity contribution < 1.29 is 9.47 Å². The lowest BCUT2D eigenvalue weighted by molar-refractivity contribution is 0.378. The van der Waals surface area contributed by atoms with Gasteiger partial charge in [0.15, 0.2) is 22.3 Å². The summed E-state index contributed by atoms with van der Waals surface area (Å²) in [6.45, 7) is 0. The fourth-order valence-corrected chi connectivity index (χ4v) is 3.52. The summed E-state index contributed by atoms with van der Waals surface area (Å²) in [5, 5.41) is 4.11. The molecule has 0 atom stereocenters. The fourth-order valence-electron chi connectivity index (χ4n) is 3.35. The molecule has 0 radical (unpaired) electrons. The molecule has 2 aromatic heterocycles. The molecule has 0 amide bonds. The second-order valence-electron chi connectivity index (χ2n) is 6.95. The summed E-state index contributed by atoms with van der Waals surface area (Å²) in [6, 6.07) is 22.2. The minimum atomic E-state index is -0.478. The normalized spacial score (nSPS) is 10.9. The quantitative estimate of drug-likeness (QED) is 0.401. The number of aromatic nitrogens is 4. The predicted octanol–water partition coefficient (Wildman–Crippen LogP) is 5.23. The molecule has 0 bridgehead atoms. The first-order valence-corrected chi connectivity index (χ1v) is 10.2. The molecule has 0 fully saturated rings. The third-order valence-corrected chi connectivity index (χ3v) is 5.28. The molecule has 0 spiro atoms. The number of nitrogens with one attached hydrogen (secondary N) is 1. The molecule has 5 aromatic rings. The number of fused-ring (bicyclic) bond motifs is 1. The number of ether oxygens (including phenoxy) is 2. The smallest absolute Gasteiger partial charge is 0.294 e. The van der Waals surface area contributed by atoms with Gasteiger partial charge in [0, 0.05) is 5.56 Å². The Morgan fingerprint density at radius 3 is 2.50 bits per heavy atom. The summed E-state index contributed by atoms with van der Waals surface area (Å²) >= 11 is 6.31. The third kappa shape index (κ3) is 3.59. The van der Waals surface area contributed by atoms with Gasteiger partial charge < -0.3 is 14.5 Å². The van der Waals surface area contributed by atoms with Crippen molar-refractivity contribution in [2.24, 2.45) is 0 Å². The van der Waals surface area contributed by atoms with E-state index in [0.717, 1.165) is 16.6 Å². The van der Waals surface area contributed by atoms with E-state index in [4.69, 9.17) is 21.1 Å². The van der Waals surface area contributed by atoms with E-state index >= 15 is 0 Å². The maximum Gasteiger partial charge on any atom is 0.294 e. The van der Waals surface area contributed by atoms with Crippen LogP contribution < -0.4 is 15.0 Å². The Kier molecular flexibility index (Phi) is 5.09. The second kappa shape index (κ2) is 8.20. The van der Waals surface area contributed by atoms with Crippen LogP contribution in [-0.4, -0.2) is 26.9 Å². The van der Waals surface area contributed by atoms with Gasteiger partial charge in [0.05, 0.1) is 30.0 Å². The van der Waals surface area contributed by atoms with Crippen molar-refractivity contribution in [3.8, 4) is 34.3 Å². The van der Waals surface area contributed by atoms with Crippen LogP contribution in [0.1, 0.15) is 0 Å². The molecule has 2 heterocycles. The first-order chi connectivity index (χ1) is 15.6. The molecule has 0 aliphatic rings. The van der Waals surface area contributed by atoms with Gasteiger partial charge in [0.1, 0.15) is 5.82 Å². The van der Waals surface area contributed by atoms with Crippen LogP contribution in [-0.2, 0) is 0 Å². The maximum absolute atomic E-state index is 12.7. The van der Waals surface area contributed by atoms with Gasteiger partial charge in [-0.15, -0.1) is 0 Å². The molecule has 0 saturated carbocycles. The second-order valence-corrected chi connectivity index (χ2v) is 7.32. The molecule has 158 valence electrons. The van der Waals surface area contributed by atoms with Gasteiger partial charge in [-0.05, 0) is 42.5 Å². The Bertz CT molecular complexity index is 1450. The zero-order chi connectivity index (χ0) is 22.1. The summed E-state index contributed by atoms with van der Waals surface area (Å²) in [5.74, 6) is 1.71. The Hall–Kier alpha value is -4.10. The van der Waals surface area contributed by atoms with E-state index in [2.05, 4.69) is 15.1 Å². The molecule has 32 heavy (non-hydrogen) atoms. The van der Waals surface area contributed by atoms with Crippen LogP contribution in [0.4, 0.5) is 0 Å². The average molecular weight is 445 g/mol. The van der Waals surface area contributed by atoms with Crippen molar-refractivity contribution in [1.29, 1.82) is 0 Å². The molecule has 0 unspecified atom stereocenters. The Morgan fingerprint density at radius 1 is 0.938 bits per heavy atom. The van der Waals surface area contributed by atoms with Crippen LogP contribution >= 0.6 is 11.6 Å². The van der Waals surface area contributed by atoms with E-state index in [1.165, 1.54) is 18.0 Å². The zero-order valence-corrected chi connectivity index (χ0v) is 17.7. The Labute approximate surface area is 187 Å². The van der Waals surface area contributed by atoms with Crippen LogP contribution in [0, 0.1) is 0 Å². The molecule has 8 heteroatoms. The minimum Gasteiger partial charge on any atom is -0.493 e. The van der Waals surface area contributed by atoms with Gasteiger partial charge in [-0.3, -0.25) is 4.79 Å². The average Bonchev–Trinajstić information content (AvgIpc) is 3.27. The summed E-state index contributed by atoms with van der Waals surface area (Å²) in [6.07, 6.45) is 1.41. The van der Waals surface area contributed by atoms with E-state index in [0.29, 0.717) is 23.0 Å². The van der Waals surface area contributed by atoms with Gasteiger partial charge in [0.2, 0.25) is 0 Å². The number of benzene rings is 3. The van der Waals surface area contributed by atoms with Crippen molar-refractivity contribution in [2.75, 3.05) is 7.11 Å². The Balaban J connectivity index is 1.48.